The largest absolute Gasteiger partial charge is 0.218 e. The minimum Gasteiger partial charge on any atom is -0.218 e. The molecule has 128 valence electrons. The van der Waals surface area contributed by atoms with Crippen LogP contribution in [-0.4, -0.2) is 8.42 Å². The molecule has 0 saturated carbocycles. The lowest BCUT2D eigenvalue weighted by atomic mass is 9.98. The minimum absolute atomic E-state index is 0.0777. The van der Waals surface area contributed by atoms with Crippen LogP contribution in [0.4, 0.5) is 4.39 Å². The lowest BCUT2D eigenvalue weighted by molar-refractivity contribution is 0.567. The molecule has 26 heavy (non-hydrogen) atoms. The van der Waals surface area contributed by atoms with Gasteiger partial charge in [0.15, 0.2) is 0 Å². The summed E-state index contributed by atoms with van der Waals surface area (Å²) >= 11 is 0. The molecule has 4 aromatic rings. The average molecular weight is 362 g/mol. The molecule has 0 atom stereocenters. The zero-order valence-corrected chi connectivity index (χ0v) is 14.6. The summed E-state index contributed by atoms with van der Waals surface area (Å²) in [5.74, 6) is -0.752. The van der Waals surface area contributed by atoms with Gasteiger partial charge in [-0.15, -0.1) is 0 Å². The topological polar surface area (TPSA) is 34.1 Å². The third-order valence-electron chi connectivity index (χ3n) is 4.37. The molecule has 4 aromatic carbocycles. The maximum atomic E-state index is 14.4. The van der Waals surface area contributed by atoms with E-state index in [1.54, 1.807) is 24.3 Å². The molecular formula is C22H15FO2S. The Labute approximate surface area is 151 Å². The predicted molar refractivity (Wildman–Crippen MR) is 101 cm³/mol. The lowest BCUT2D eigenvalue weighted by Gasteiger charge is -2.11. The van der Waals surface area contributed by atoms with E-state index in [-0.39, 0.29) is 9.79 Å². The van der Waals surface area contributed by atoms with E-state index in [4.69, 9.17) is 0 Å². The lowest BCUT2D eigenvalue weighted by Crippen LogP contribution is -2.05. The first-order valence-electron chi connectivity index (χ1n) is 8.15. The van der Waals surface area contributed by atoms with Crippen molar-refractivity contribution in [2.75, 3.05) is 0 Å². The van der Waals surface area contributed by atoms with E-state index in [2.05, 4.69) is 0 Å². The molecule has 0 radical (unpaired) electrons. The van der Waals surface area contributed by atoms with E-state index < -0.39 is 15.7 Å². The van der Waals surface area contributed by atoms with Gasteiger partial charge in [0.2, 0.25) is 9.84 Å². The molecular weight excluding hydrogens is 347 g/mol. The van der Waals surface area contributed by atoms with Crippen molar-refractivity contribution in [2.45, 2.75) is 9.79 Å². The second kappa shape index (κ2) is 6.39. The standard InChI is InChI=1S/C22H15FO2S/c23-21-14-13-17(20-12-6-8-16-7-4-5-11-19(16)20)15-22(21)26(24,25)18-9-2-1-3-10-18/h1-15H. The molecule has 0 spiro atoms. The van der Waals surface area contributed by atoms with Gasteiger partial charge in [0, 0.05) is 0 Å². The highest BCUT2D eigenvalue weighted by molar-refractivity contribution is 7.91. The summed E-state index contributed by atoms with van der Waals surface area (Å²) in [4.78, 5) is -0.233. The van der Waals surface area contributed by atoms with Crippen LogP contribution in [0, 0.1) is 5.82 Å². The van der Waals surface area contributed by atoms with Gasteiger partial charge in [0.25, 0.3) is 0 Å². The fourth-order valence-corrected chi connectivity index (χ4v) is 4.46. The number of sulfone groups is 1. The van der Waals surface area contributed by atoms with Crippen LogP contribution in [-0.2, 0) is 9.84 Å². The highest BCUT2D eigenvalue weighted by Gasteiger charge is 2.22. The fourth-order valence-electron chi connectivity index (χ4n) is 3.08. The molecule has 4 heteroatoms. The first-order valence-corrected chi connectivity index (χ1v) is 9.63. The molecule has 0 saturated heterocycles. The van der Waals surface area contributed by atoms with E-state index in [0.29, 0.717) is 5.56 Å². The summed E-state index contributed by atoms with van der Waals surface area (Å²) in [6.45, 7) is 0. The summed E-state index contributed by atoms with van der Waals surface area (Å²) in [6.07, 6.45) is 0. The van der Waals surface area contributed by atoms with Crippen molar-refractivity contribution in [3.8, 4) is 11.1 Å². The zero-order chi connectivity index (χ0) is 18.1. The molecule has 0 bridgehead atoms. The summed E-state index contributed by atoms with van der Waals surface area (Å²) in [5.41, 5.74) is 1.53. The van der Waals surface area contributed by atoms with Gasteiger partial charge >= 0.3 is 0 Å². The van der Waals surface area contributed by atoms with Gasteiger partial charge < -0.3 is 0 Å². The minimum atomic E-state index is -3.93. The van der Waals surface area contributed by atoms with Crippen LogP contribution in [0.1, 0.15) is 0 Å². The van der Waals surface area contributed by atoms with Crippen molar-refractivity contribution < 1.29 is 12.8 Å². The van der Waals surface area contributed by atoms with E-state index in [0.717, 1.165) is 16.3 Å². The smallest absolute Gasteiger partial charge is 0.209 e. The number of benzene rings is 4. The summed E-state index contributed by atoms with van der Waals surface area (Å²) in [7, 11) is -3.93. The van der Waals surface area contributed by atoms with Crippen LogP contribution < -0.4 is 0 Å². The van der Waals surface area contributed by atoms with Crippen molar-refractivity contribution in [3.05, 3.63) is 96.8 Å². The second-order valence-electron chi connectivity index (χ2n) is 5.99. The van der Waals surface area contributed by atoms with Gasteiger partial charge in [0.05, 0.1) is 4.90 Å². The number of halogens is 1. The Morgan fingerprint density at radius 3 is 2.19 bits per heavy atom. The summed E-state index contributed by atoms with van der Waals surface area (Å²) in [5, 5.41) is 2.03. The molecule has 0 aliphatic rings. The molecule has 0 aliphatic carbocycles. The third kappa shape index (κ3) is 2.78. The molecule has 0 N–H and O–H groups in total. The fraction of sp³-hybridized carbons (Fsp3) is 0. The SMILES string of the molecule is O=S(=O)(c1ccccc1)c1cc(-c2cccc3ccccc23)ccc1F. The van der Waals surface area contributed by atoms with Crippen LogP contribution in [0.15, 0.2) is 101 Å². The highest BCUT2D eigenvalue weighted by atomic mass is 32.2. The molecule has 0 aromatic heterocycles. The Balaban J connectivity index is 1.93. The van der Waals surface area contributed by atoms with Gasteiger partial charge in [-0.2, -0.15) is 0 Å². The number of hydrogen-bond donors (Lipinski definition) is 0. The molecule has 0 unspecified atom stereocenters. The highest BCUT2D eigenvalue weighted by Crippen LogP contribution is 2.32. The van der Waals surface area contributed by atoms with Crippen LogP contribution in [0.25, 0.3) is 21.9 Å². The van der Waals surface area contributed by atoms with Crippen molar-refractivity contribution in [1.82, 2.24) is 0 Å². The third-order valence-corrected chi connectivity index (χ3v) is 6.16. The van der Waals surface area contributed by atoms with Gasteiger partial charge in [-0.05, 0) is 46.2 Å². The summed E-state index contributed by atoms with van der Waals surface area (Å²) in [6, 6.07) is 25.8. The first kappa shape index (κ1) is 16.5. The average Bonchev–Trinajstić information content (AvgIpc) is 2.68. The van der Waals surface area contributed by atoms with E-state index in [1.807, 2.05) is 42.5 Å². The quantitative estimate of drug-likeness (QED) is 0.484. The normalized spacial score (nSPS) is 11.6. The number of fused-ring (bicyclic) bond motifs is 1. The monoisotopic (exact) mass is 362 g/mol. The Bertz CT molecular complexity index is 1190. The zero-order valence-electron chi connectivity index (χ0n) is 13.8. The number of hydrogen-bond acceptors (Lipinski definition) is 2. The Kier molecular flexibility index (Phi) is 4.05. The van der Waals surface area contributed by atoms with Crippen LogP contribution in [0.3, 0.4) is 0 Å². The van der Waals surface area contributed by atoms with E-state index in [9.17, 15) is 12.8 Å². The molecule has 4 rings (SSSR count). The van der Waals surface area contributed by atoms with Gasteiger partial charge in [0.1, 0.15) is 10.7 Å². The van der Waals surface area contributed by atoms with E-state index >= 15 is 0 Å². The van der Waals surface area contributed by atoms with Crippen LogP contribution in [0.5, 0.6) is 0 Å². The van der Waals surface area contributed by atoms with Crippen molar-refractivity contribution in [3.63, 3.8) is 0 Å². The van der Waals surface area contributed by atoms with Crippen molar-refractivity contribution in [2.24, 2.45) is 0 Å². The number of rotatable bonds is 3. The second-order valence-corrected chi connectivity index (χ2v) is 7.91. The van der Waals surface area contributed by atoms with Gasteiger partial charge in [-0.3, -0.25) is 0 Å². The van der Waals surface area contributed by atoms with E-state index in [1.165, 1.54) is 24.3 Å². The maximum Gasteiger partial charge on any atom is 0.209 e. The predicted octanol–water partition coefficient (Wildman–Crippen LogP) is 5.48. The molecule has 0 aliphatic heterocycles. The molecule has 0 heterocycles. The Morgan fingerprint density at radius 1 is 0.692 bits per heavy atom. The Morgan fingerprint density at radius 2 is 1.38 bits per heavy atom. The van der Waals surface area contributed by atoms with Gasteiger partial charge in [-0.1, -0.05) is 66.7 Å². The molecule has 0 amide bonds. The van der Waals surface area contributed by atoms with Crippen LogP contribution in [0.2, 0.25) is 0 Å². The van der Waals surface area contributed by atoms with Crippen LogP contribution >= 0.6 is 0 Å². The first-order chi connectivity index (χ1) is 12.6. The van der Waals surface area contributed by atoms with Crippen molar-refractivity contribution in [1.29, 1.82) is 0 Å². The molecule has 2 nitrogen and oxygen atoms in total. The van der Waals surface area contributed by atoms with Crippen molar-refractivity contribution >= 4 is 20.6 Å². The Hall–Kier alpha value is -2.98. The van der Waals surface area contributed by atoms with Gasteiger partial charge in [-0.25, -0.2) is 12.8 Å². The molecule has 0 fully saturated rings. The summed E-state index contributed by atoms with van der Waals surface area (Å²) < 4.78 is 40.1. The maximum absolute atomic E-state index is 14.4.